The zero-order chi connectivity index (χ0) is 15.2. The van der Waals surface area contributed by atoms with Crippen molar-refractivity contribution in [3.05, 3.63) is 30.0 Å². The molecule has 8 heteroatoms. The van der Waals surface area contributed by atoms with Crippen LogP contribution >= 0.6 is 12.4 Å². The molecule has 126 valence electrons. The predicted octanol–water partition coefficient (Wildman–Crippen LogP) is 1.91. The Morgan fingerprint density at radius 1 is 1.22 bits per heavy atom. The van der Waals surface area contributed by atoms with Gasteiger partial charge in [-0.3, -0.25) is 0 Å². The van der Waals surface area contributed by atoms with Crippen LogP contribution in [0.1, 0.15) is 25.0 Å². The minimum absolute atomic E-state index is 0. The van der Waals surface area contributed by atoms with E-state index in [2.05, 4.69) is 10.5 Å². The normalized spacial score (nSPS) is 25.2. The maximum atomic E-state index is 12.9. The first-order chi connectivity index (χ1) is 10.6. The lowest BCUT2D eigenvalue weighted by molar-refractivity contribution is 0.333. The molecule has 1 N–H and O–H groups in total. The number of hydrogen-bond acceptors (Lipinski definition) is 5. The fraction of sp³-hybridized carbons (Fsp3) is 0.533. The van der Waals surface area contributed by atoms with Gasteiger partial charge in [0.15, 0.2) is 5.58 Å². The van der Waals surface area contributed by atoms with E-state index in [9.17, 15) is 8.42 Å². The van der Waals surface area contributed by atoms with Gasteiger partial charge in [-0.1, -0.05) is 17.3 Å². The first kappa shape index (κ1) is 16.7. The molecule has 0 saturated carbocycles. The molecule has 2 saturated heterocycles. The number of nitrogens with zero attached hydrogens (tertiary/aromatic N) is 2. The Kier molecular flexibility index (Phi) is 4.64. The Bertz CT molecular complexity index is 778. The average molecular weight is 358 g/mol. The second-order valence-electron chi connectivity index (χ2n) is 6.09. The third-order valence-electron chi connectivity index (χ3n) is 4.68. The monoisotopic (exact) mass is 357 g/mol. The van der Waals surface area contributed by atoms with Crippen molar-refractivity contribution >= 4 is 33.4 Å². The molecule has 0 amide bonds. The zero-order valence-corrected chi connectivity index (χ0v) is 14.3. The number of rotatable bonds is 3. The molecule has 2 aliphatic rings. The van der Waals surface area contributed by atoms with Crippen molar-refractivity contribution in [3.63, 3.8) is 0 Å². The van der Waals surface area contributed by atoms with Gasteiger partial charge in [0.1, 0.15) is 11.4 Å². The van der Waals surface area contributed by atoms with Crippen molar-refractivity contribution in [2.75, 3.05) is 13.1 Å². The summed E-state index contributed by atoms with van der Waals surface area (Å²) in [6, 6.07) is 7.59. The molecule has 2 atom stereocenters. The average Bonchev–Trinajstić information content (AvgIpc) is 2.99. The van der Waals surface area contributed by atoms with Gasteiger partial charge in [-0.2, -0.15) is 4.31 Å². The molecule has 2 fully saturated rings. The molecular weight excluding hydrogens is 338 g/mol. The van der Waals surface area contributed by atoms with E-state index < -0.39 is 10.0 Å². The van der Waals surface area contributed by atoms with Gasteiger partial charge in [0.2, 0.25) is 10.0 Å². The SMILES string of the molecule is Cl.O=S(=O)(Cc1noc2ccccc12)N1C2CCNCC1CC2. The molecule has 0 aliphatic carbocycles. The van der Waals surface area contributed by atoms with Crippen molar-refractivity contribution in [1.29, 1.82) is 0 Å². The largest absolute Gasteiger partial charge is 0.356 e. The van der Waals surface area contributed by atoms with Gasteiger partial charge in [-0.25, -0.2) is 8.42 Å². The van der Waals surface area contributed by atoms with Crippen LogP contribution < -0.4 is 5.32 Å². The lowest BCUT2D eigenvalue weighted by atomic mass is 10.1. The summed E-state index contributed by atoms with van der Waals surface area (Å²) in [5.41, 5.74) is 1.14. The maximum Gasteiger partial charge on any atom is 0.220 e. The highest BCUT2D eigenvalue weighted by molar-refractivity contribution is 7.88. The topological polar surface area (TPSA) is 75.4 Å². The maximum absolute atomic E-state index is 12.9. The summed E-state index contributed by atoms with van der Waals surface area (Å²) in [6.45, 7) is 1.63. The number of benzene rings is 1. The minimum atomic E-state index is -3.39. The molecule has 6 nitrogen and oxygen atoms in total. The summed E-state index contributed by atoms with van der Waals surface area (Å²) < 4.78 is 32.8. The summed E-state index contributed by atoms with van der Waals surface area (Å²) in [6.07, 6.45) is 2.79. The third-order valence-corrected chi connectivity index (χ3v) is 6.56. The Hall–Kier alpha value is -1.15. The van der Waals surface area contributed by atoms with Gasteiger partial charge >= 0.3 is 0 Å². The van der Waals surface area contributed by atoms with Gasteiger partial charge in [-0.05, 0) is 37.9 Å². The molecule has 4 rings (SSSR count). The number of fused-ring (bicyclic) bond motifs is 3. The van der Waals surface area contributed by atoms with Gasteiger partial charge < -0.3 is 9.84 Å². The van der Waals surface area contributed by atoms with Gasteiger partial charge in [0.25, 0.3) is 0 Å². The van der Waals surface area contributed by atoms with Crippen molar-refractivity contribution in [3.8, 4) is 0 Å². The van der Waals surface area contributed by atoms with Crippen LogP contribution in [0.2, 0.25) is 0 Å². The molecule has 1 aromatic carbocycles. The zero-order valence-electron chi connectivity index (χ0n) is 12.6. The van der Waals surface area contributed by atoms with E-state index in [0.717, 1.165) is 37.7 Å². The standard InChI is InChI=1S/C15H19N3O3S.ClH/c19-22(20,18-11-5-6-12(18)9-16-8-7-11)10-14-13-3-1-2-4-15(13)21-17-14;/h1-4,11-12,16H,5-10H2;1H. The van der Waals surface area contributed by atoms with Crippen molar-refractivity contribution in [2.24, 2.45) is 0 Å². The summed E-state index contributed by atoms with van der Waals surface area (Å²) >= 11 is 0. The number of hydrogen-bond donors (Lipinski definition) is 1. The number of sulfonamides is 1. The van der Waals surface area contributed by atoms with E-state index in [1.165, 1.54) is 0 Å². The fourth-order valence-electron chi connectivity index (χ4n) is 3.68. The number of halogens is 1. The van der Waals surface area contributed by atoms with E-state index in [1.807, 2.05) is 18.2 Å². The molecule has 2 bridgehead atoms. The third kappa shape index (κ3) is 2.98. The lowest BCUT2D eigenvalue weighted by Crippen LogP contribution is -2.43. The first-order valence-electron chi connectivity index (χ1n) is 7.70. The van der Waals surface area contributed by atoms with E-state index in [0.29, 0.717) is 11.3 Å². The molecule has 2 aliphatic heterocycles. The lowest BCUT2D eigenvalue weighted by Gasteiger charge is -2.26. The van der Waals surface area contributed by atoms with Gasteiger partial charge in [-0.15, -0.1) is 12.4 Å². The Morgan fingerprint density at radius 3 is 2.87 bits per heavy atom. The summed E-state index contributed by atoms with van der Waals surface area (Å²) in [7, 11) is -3.39. The number of aromatic nitrogens is 1. The quantitative estimate of drug-likeness (QED) is 0.908. The van der Waals surface area contributed by atoms with Crippen LogP contribution in [0.4, 0.5) is 0 Å². The van der Waals surface area contributed by atoms with Crippen molar-refractivity contribution < 1.29 is 12.9 Å². The highest BCUT2D eigenvalue weighted by Crippen LogP contribution is 2.32. The van der Waals surface area contributed by atoms with Crippen molar-refractivity contribution in [1.82, 2.24) is 14.8 Å². The van der Waals surface area contributed by atoms with Crippen LogP contribution in [0.3, 0.4) is 0 Å². The molecular formula is C15H20ClN3O3S. The Labute approximate surface area is 141 Å². The van der Waals surface area contributed by atoms with E-state index in [1.54, 1.807) is 10.4 Å². The van der Waals surface area contributed by atoms with Gasteiger partial charge in [0.05, 0.1) is 0 Å². The summed E-state index contributed by atoms with van der Waals surface area (Å²) in [5.74, 6) is -0.0863. The van der Waals surface area contributed by atoms with Gasteiger partial charge in [0, 0.05) is 24.0 Å². The molecule has 3 heterocycles. The molecule has 0 spiro atoms. The van der Waals surface area contributed by atoms with Crippen LogP contribution in [0, 0.1) is 0 Å². The smallest absolute Gasteiger partial charge is 0.220 e. The summed E-state index contributed by atoms with van der Waals surface area (Å²) in [4.78, 5) is 0. The van der Waals surface area contributed by atoms with Crippen molar-refractivity contribution in [2.45, 2.75) is 37.1 Å². The minimum Gasteiger partial charge on any atom is -0.356 e. The second kappa shape index (κ2) is 6.39. The fourth-order valence-corrected chi connectivity index (χ4v) is 5.68. The Balaban J connectivity index is 0.00000156. The highest BCUT2D eigenvalue weighted by Gasteiger charge is 2.42. The van der Waals surface area contributed by atoms with E-state index in [-0.39, 0.29) is 30.2 Å². The predicted molar refractivity (Wildman–Crippen MR) is 90.0 cm³/mol. The van der Waals surface area contributed by atoms with Crippen LogP contribution in [-0.4, -0.2) is 43.1 Å². The van der Waals surface area contributed by atoms with Crippen LogP contribution in [0.25, 0.3) is 11.0 Å². The number of nitrogens with one attached hydrogen (secondary N) is 1. The first-order valence-corrected chi connectivity index (χ1v) is 9.31. The number of para-hydroxylation sites is 1. The highest BCUT2D eigenvalue weighted by atomic mass is 35.5. The van der Waals surface area contributed by atoms with E-state index >= 15 is 0 Å². The summed E-state index contributed by atoms with van der Waals surface area (Å²) in [5, 5.41) is 8.09. The second-order valence-corrected chi connectivity index (χ2v) is 7.96. The molecule has 1 aromatic heterocycles. The molecule has 0 radical (unpaired) electrons. The van der Waals surface area contributed by atoms with Crippen LogP contribution in [0.5, 0.6) is 0 Å². The van der Waals surface area contributed by atoms with Crippen LogP contribution in [0.15, 0.2) is 28.8 Å². The Morgan fingerprint density at radius 2 is 2.00 bits per heavy atom. The van der Waals surface area contributed by atoms with Crippen LogP contribution in [-0.2, 0) is 15.8 Å². The molecule has 2 aromatic rings. The van der Waals surface area contributed by atoms with E-state index in [4.69, 9.17) is 4.52 Å². The molecule has 2 unspecified atom stereocenters. The molecule has 23 heavy (non-hydrogen) atoms.